The summed E-state index contributed by atoms with van der Waals surface area (Å²) in [5.74, 6) is 1.72. The monoisotopic (exact) mass is 336 g/mol. The fraction of sp³-hybridized carbons (Fsp3) is 0.421. The Morgan fingerprint density at radius 1 is 1.04 bits per heavy atom. The minimum Gasteiger partial charge on any atom is -0.365 e. The van der Waals surface area contributed by atoms with Crippen LogP contribution in [0.5, 0.6) is 0 Å². The van der Waals surface area contributed by atoms with Crippen LogP contribution < -0.4 is 5.32 Å². The fourth-order valence-electron chi connectivity index (χ4n) is 3.38. The Labute approximate surface area is 147 Å². The third kappa shape index (κ3) is 3.64. The van der Waals surface area contributed by atoms with Crippen molar-refractivity contribution >= 4 is 11.5 Å². The lowest BCUT2D eigenvalue weighted by Gasteiger charge is -2.15. The predicted molar refractivity (Wildman–Crippen MR) is 98.4 cm³/mol. The van der Waals surface area contributed by atoms with Gasteiger partial charge in [0.25, 0.3) is 0 Å². The average molecular weight is 336 g/mol. The molecule has 0 unspecified atom stereocenters. The molecule has 0 spiro atoms. The Balaban J connectivity index is 1.43. The summed E-state index contributed by atoms with van der Waals surface area (Å²) in [4.78, 5) is 2.53. The van der Waals surface area contributed by atoms with Crippen molar-refractivity contribution in [3.05, 3.63) is 53.3 Å². The average Bonchev–Trinajstić information content (AvgIpc) is 3.29. The maximum atomic E-state index is 4.60. The van der Waals surface area contributed by atoms with Crippen LogP contribution in [0.1, 0.15) is 36.7 Å². The molecule has 0 bridgehead atoms. The van der Waals surface area contributed by atoms with Gasteiger partial charge in [-0.2, -0.15) is 4.52 Å². The highest BCUT2D eigenvalue weighted by molar-refractivity contribution is 5.44. The van der Waals surface area contributed by atoms with Crippen molar-refractivity contribution in [3.8, 4) is 0 Å². The van der Waals surface area contributed by atoms with Crippen molar-refractivity contribution in [3.63, 3.8) is 0 Å². The SMILES string of the molecule is CCc1nnc2ccc(NCc3cccc(CN4CCCC4)c3)nn12. The van der Waals surface area contributed by atoms with Crippen LogP contribution in [-0.4, -0.2) is 37.8 Å². The summed E-state index contributed by atoms with van der Waals surface area (Å²) in [5, 5.41) is 16.3. The van der Waals surface area contributed by atoms with Crippen molar-refractivity contribution in [1.82, 2.24) is 24.7 Å². The third-order valence-corrected chi connectivity index (χ3v) is 4.71. The molecule has 1 aliphatic heterocycles. The normalized spacial score (nSPS) is 15.1. The highest BCUT2D eigenvalue weighted by Gasteiger charge is 2.11. The lowest BCUT2D eigenvalue weighted by molar-refractivity contribution is 0.331. The highest BCUT2D eigenvalue weighted by Crippen LogP contribution is 2.15. The molecule has 0 aliphatic carbocycles. The molecule has 0 amide bonds. The molecule has 2 aromatic heterocycles. The minimum atomic E-state index is 0.760. The third-order valence-electron chi connectivity index (χ3n) is 4.71. The highest BCUT2D eigenvalue weighted by atomic mass is 15.4. The van der Waals surface area contributed by atoms with E-state index in [0.717, 1.165) is 36.8 Å². The molecular weight excluding hydrogens is 312 g/mol. The second-order valence-electron chi connectivity index (χ2n) is 6.62. The number of aryl methyl sites for hydroxylation is 1. The van der Waals surface area contributed by atoms with Crippen LogP contribution in [0.25, 0.3) is 5.65 Å². The zero-order valence-electron chi connectivity index (χ0n) is 14.6. The van der Waals surface area contributed by atoms with Gasteiger partial charge in [-0.3, -0.25) is 4.90 Å². The first-order valence-corrected chi connectivity index (χ1v) is 9.07. The summed E-state index contributed by atoms with van der Waals surface area (Å²) in [6.07, 6.45) is 3.48. The van der Waals surface area contributed by atoms with Gasteiger partial charge in [-0.25, -0.2) is 0 Å². The molecule has 25 heavy (non-hydrogen) atoms. The molecule has 1 fully saturated rings. The van der Waals surface area contributed by atoms with E-state index in [-0.39, 0.29) is 0 Å². The largest absolute Gasteiger partial charge is 0.365 e. The first-order chi connectivity index (χ1) is 12.3. The van der Waals surface area contributed by atoms with E-state index < -0.39 is 0 Å². The summed E-state index contributed by atoms with van der Waals surface area (Å²) in [7, 11) is 0. The zero-order valence-corrected chi connectivity index (χ0v) is 14.6. The van der Waals surface area contributed by atoms with Gasteiger partial charge in [0.05, 0.1) is 0 Å². The Morgan fingerprint density at radius 3 is 2.72 bits per heavy atom. The van der Waals surface area contributed by atoms with E-state index in [1.165, 1.54) is 37.1 Å². The van der Waals surface area contributed by atoms with E-state index in [1.54, 1.807) is 0 Å². The number of aromatic nitrogens is 4. The van der Waals surface area contributed by atoms with Crippen molar-refractivity contribution in [2.75, 3.05) is 18.4 Å². The molecule has 1 aromatic carbocycles. The second kappa shape index (κ2) is 7.19. The summed E-state index contributed by atoms with van der Waals surface area (Å²) in [6, 6.07) is 12.7. The number of anilines is 1. The topological polar surface area (TPSA) is 58.4 Å². The Hall–Kier alpha value is -2.47. The Bertz CT molecular complexity index is 850. The molecule has 6 heteroatoms. The predicted octanol–water partition coefficient (Wildman–Crippen LogP) is 2.89. The molecule has 3 heterocycles. The van der Waals surface area contributed by atoms with Crippen molar-refractivity contribution in [2.45, 2.75) is 39.3 Å². The van der Waals surface area contributed by atoms with E-state index in [2.05, 4.69) is 56.7 Å². The molecule has 6 nitrogen and oxygen atoms in total. The van der Waals surface area contributed by atoms with Gasteiger partial charge in [-0.15, -0.1) is 15.3 Å². The van der Waals surface area contributed by atoms with Crippen LogP contribution in [0.2, 0.25) is 0 Å². The molecule has 0 saturated carbocycles. The molecule has 3 aromatic rings. The molecule has 1 N–H and O–H groups in total. The second-order valence-corrected chi connectivity index (χ2v) is 6.62. The van der Waals surface area contributed by atoms with Gasteiger partial charge in [0, 0.05) is 19.5 Å². The van der Waals surface area contributed by atoms with Crippen LogP contribution in [-0.2, 0) is 19.5 Å². The zero-order chi connectivity index (χ0) is 17.1. The lowest BCUT2D eigenvalue weighted by atomic mass is 10.1. The molecule has 0 atom stereocenters. The van der Waals surface area contributed by atoms with Crippen LogP contribution in [0.15, 0.2) is 36.4 Å². The number of likely N-dealkylation sites (tertiary alicyclic amines) is 1. The molecule has 1 saturated heterocycles. The van der Waals surface area contributed by atoms with Crippen LogP contribution in [0.3, 0.4) is 0 Å². The van der Waals surface area contributed by atoms with Gasteiger partial charge in [0.2, 0.25) is 0 Å². The first-order valence-electron chi connectivity index (χ1n) is 9.07. The number of nitrogens with zero attached hydrogens (tertiary/aromatic N) is 5. The lowest BCUT2D eigenvalue weighted by Crippen LogP contribution is -2.18. The fourth-order valence-corrected chi connectivity index (χ4v) is 3.38. The minimum absolute atomic E-state index is 0.760. The Kier molecular flexibility index (Phi) is 4.61. The standard InChI is InChI=1S/C19H24N6/c1-2-18-21-22-19-9-8-17(23-25(18)19)20-13-15-6-5-7-16(12-15)14-24-10-3-4-11-24/h5-9,12H,2-4,10-11,13-14H2,1H3,(H,20,23). The molecule has 130 valence electrons. The van der Waals surface area contributed by atoms with Gasteiger partial charge in [0.15, 0.2) is 11.5 Å². The summed E-state index contributed by atoms with van der Waals surface area (Å²) in [5.41, 5.74) is 3.45. The van der Waals surface area contributed by atoms with Crippen LogP contribution in [0.4, 0.5) is 5.82 Å². The number of nitrogens with one attached hydrogen (secondary N) is 1. The molecular formula is C19H24N6. The quantitative estimate of drug-likeness (QED) is 0.750. The van der Waals surface area contributed by atoms with Crippen molar-refractivity contribution in [1.29, 1.82) is 0 Å². The van der Waals surface area contributed by atoms with Gasteiger partial charge >= 0.3 is 0 Å². The maximum Gasteiger partial charge on any atom is 0.178 e. The van der Waals surface area contributed by atoms with Gasteiger partial charge < -0.3 is 5.32 Å². The number of hydrogen-bond donors (Lipinski definition) is 1. The summed E-state index contributed by atoms with van der Waals surface area (Å²) >= 11 is 0. The van der Waals surface area contributed by atoms with E-state index in [0.29, 0.717) is 0 Å². The number of benzene rings is 1. The smallest absolute Gasteiger partial charge is 0.178 e. The van der Waals surface area contributed by atoms with E-state index in [4.69, 9.17) is 0 Å². The summed E-state index contributed by atoms with van der Waals surface area (Å²) < 4.78 is 1.81. The number of rotatable bonds is 6. The van der Waals surface area contributed by atoms with E-state index >= 15 is 0 Å². The number of hydrogen-bond acceptors (Lipinski definition) is 5. The van der Waals surface area contributed by atoms with E-state index in [1.807, 2.05) is 16.6 Å². The van der Waals surface area contributed by atoms with E-state index in [9.17, 15) is 0 Å². The molecule has 4 rings (SSSR count). The summed E-state index contributed by atoms with van der Waals surface area (Å²) in [6.45, 7) is 6.33. The first kappa shape index (κ1) is 16.0. The van der Waals surface area contributed by atoms with Gasteiger partial charge in [0.1, 0.15) is 5.82 Å². The molecule has 0 radical (unpaired) electrons. The van der Waals surface area contributed by atoms with Crippen LogP contribution in [0, 0.1) is 0 Å². The Morgan fingerprint density at radius 2 is 1.88 bits per heavy atom. The maximum absolute atomic E-state index is 4.60. The van der Waals surface area contributed by atoms with Crippen LogP contribution >= 0.6 is 0 Å². The van der Waals surface area contributed by atoms with Gasteiger partial charge in [-0.05, 0) is 49.2 Å². The van der Waals surface area contributed by atoms with Gasteiger partial charge in [-0.1, -0.05) is 31.2 Å². The van der Waals surface area contributed by atoms with Crippen molar-refractivity contribution in [2.24, 2.45) is 0 Å². The molecule has 1 aliphatic rings. The number of fused-ring (bicyclic) bond motifs is 1. The van der Waals surface area contributed by atoms with Crippen molar-refractivity contribution < 1.29 is 0 Å².